The third-order valence-electron chi connectivity index (χ3n) is 2.76. The Labute approximate surface area is 125 Å². The topological polar surface area (TPSA) is 54.0 Å². The molecule has 1 aromatic carbocycles. The smallest absolute Gasteiger partial charge is 0.321 e. The Morgan fingerprint density at radius 2 is 2.14 bits per heavy atom. The Balaban J connectivity index is 1.91. The minimum atomic E-state index is -0.562. The van der Waals surface area contributed by atoms with Crippen LogP contribution in [0, 0.1) is 11.6 Å². The van der Waals surface area contributed by atoms with Crippen molar-refractivity contribution in [2.24, 2.45) is 0 Å². The van der Waals surface area contributed by atoms with Gasteiger partial charge in [0.1, 0.15) is 11.6 Å². The van der Waals surface area contributed by atoms with Crippen LogP contribution in [0.4, 0.5) is 18.7 Å². The van der Waals surface area contributed by atoms with Crippen LogP contribution in [0.5, 0.6) is 0 Å². The number of carbonyl (C=O) groups is 1. The van der Waals surface area contributed by atoms with Gasteiger partial charge in [-0.2, -0.15) is 0 Å². The fourth-order valence-electron chi connectivity index (χ4n) is 1.61. The number of anilines is 1. The fraction of sp³-hybridized carbons (Fsp3) is 0.286. The van der Waals surface area contributed by atoms with Crippen LogP contribution >= 0.6 is 11.3 Å². The highest BCUT2D eigenvalue weighted by Crippen LogP contribution is 2.24. The summed E-state index contributed by atoms with van der Waals surface area (Å²) in [6.07, 6.45) is 1.71. The van der Waals surface area contributed by atoms with E-state index in [2.05, 4.69) is 15.6 Å². The van der Waals surface area contributed by atoms with Crippen molar-refractivity contribution in [2.45, 2.75) is 26.3 Å². The quantitative estimate of drug-likeness (QED) is 0.900. The maximum Gasteiger partial charge on any atom is 0.321 e. The minimum absolute atomic E-state index is 0.0900. The van der Waals surface area contributed by atoms with Gasteiger partial charge < -0.3 is 5.32 Å². The van der Waals surface area contributed by atoms with Crippen LogP contribution in [0.2, 0.25) is 0 Å². The molecule has 0 aliphatic rings. The molecule has 0 bridgehead atoms. The Morgan fingerprint density at radius 1 is 1.38 bits per heavy atom. The van der Waals surface area contributed by atoms with Gasteiger partial charge >= 0.3 is 6.03 Å². The van der Waals surface area contributed by atoms with Crippen LogP contribution in [-0.4, -0.2) is 11.0 Å². The maximum absolute atomic E-state index is 13.4. The number of rotatable bonds is 4. The summed E-state index contributed by atoms with van der Waals surface area (Å²) in [5, 5.41) is 5.50. The molecule has 0 unspecified atom stereocenters. The third-order valence-corrected chi connectivity index (χ3v) is 3.97. The summed E-state index contributed by atoms with van der Waals surface area (Å²) < 4.78 is 26.4. The van der Waals surface area contributed by atoms with Crippen LogP contribution in [0.1, 0.15) is 30.2 Å². The van der Waals surface area contributed by atoms with Crippen LogP contribution in [0.25, 0.3) is 0 Å². The molecule has 0 aliphatic carbocycles. The van der Waals surface area contributed by atoms with Crippen molar-refractivity contribution in [1.29, 1.82) is 0 Å². The van der Waals surface area contributed by atoms with Crippen LogP contribution in [0.3, 0.4) is 0 Å². The number of hydrogen-bond donors (Lipinski definition) is 2. The van der Waals surface area contributed by atoms with Crippen molar-refractivity contribution in [2.75, 3.05) is 5.32 Å². The van der Waals surface area contributed by atoms with E-state index in [-0.39, 0.29) is 12.1 Å². The lowest BCUT2D eigenvalue weighted by atomic mass is 10.2. The molecule has 21 heavy (non-hydrogen) atoms. The van der Waals surface area contributed by atoms with Gasteiger partial charge in [-0.1, -0.05) is 13.8 Å². The van der Waals surface area contributed by atoms with Gasteiger partial charge in [-0.05, 0) is 24.1 Å². The average molecular weight is 311 g/mol. The maximum atomic E-state index is 13.4. The van der Waals surface area contributed by atoms with Gasteiger partial charge in [-0.3, -0.25) is 5.32 Å². The van der Waals surface area contributed by atoms with Gasteiger partial charge in [0.25, 0.3) is 0 Å². The first-order valence-corrected chi connectivity index (χ1v) is 7.22. The molecule has 1 aromatic heterocycles. The van der Waals surface area contributed by atoms with E-state index in [1.165, 1.54) is 11.3 Å². The normalized spacial score (nSPS) is 10.7. The largest absolute Gasteiger partial charge is 0.334 e. The number of amides is 2. The highest BCUT2D eigenvalue weighted by Gasteiger charge is 2.10. The number of thiazole rings is 1. The summed E-state index contributed by atoms with van der Waals surface area (Å²) in [6, 6.07) is 2.60. The van der Waals surface area contributed by atoms with E-state index in [4.69, 9.17) is 0 Å². The second kappa shape index (κ2) is 6.62. The summed E-state index contributed by atoms with van der Waals surface area (Å²) in [7, 11) is 0. The molecule has 2 amide bonds. The van der Waals surface area contributed by atoms with E-state index < -0.39 is 17.7 Å². The molecule has 4 nitrogen and oxygen atoms in total. The minimum Gasteiger partial charge on any atom is -0.334 e. The summed E-state index contributed by atoms with van der Waals surface area (Å²) in [6.45, 7) is 3.96. The molecule has 0 saturated carbocycles. The molecule has 7 heteroatoms. The average Bonchev–Trinajstić information content (AvgIpc) is 2.88. The molecular formula is C14H15F2N3OS. The van der Waals surface area contributed by atoms with Gasteiger partial charge in [0, 0.05) is 23.2 Å². The standard InChI is InChI=1S/C14H15F2N3OS/c1-8(2)12-7-18-14(21-12)19-13(20)17-6-9-5-10(15)3-4-11(9)16/h3-5,7-8H,6H2,1-2H3,(H2,17,18,19,20). The molecule has 2 N–H and O–H groups in total. The van der Waals surface area contributed by atoms with E-state index in [9.17, 15) is 13.6 Å². The van der Waals surface area contributed by atoms with Gasteiger partial charge in [0.15, 0.2) is 5.13 Å². The Kier molecular flexibility index (Phi) is 4.85. The first-order valence-electron chi connectivity index (χ1n) is 6.40. The SMILES string of the molecule is CC(C)c1cnc(NC(=O)NCc2cc(F)ccc2F)s1. The zero-order valence-corrected chi connectivity index (χ0v) is 12.4. The first-order chi connectivity index (χ1) is 9.95. The van der Waals surface area contributed by atoms with Crippen LogP contribution in [-0.2, 0) is 6.54 Å². The molecular weight excluding hydrogens is 296 g/mol. The molecule has 0 spiro atoms. The van der Waals surface area contributed by atoms with Crippen LogP contribution < -0.4 is 10.6 Å². The number of nitrogens with zero attached hydrogens (tertiary/aromatic N) is 1. The second-order valence-electron chi connectivity index (χ2n) is 4.77. The van der Waals surface area contributed by atoms with Crippen molar-refractivity contribution >= 4 is 22.5 Å². The van der Waals surface area contributed by atoms with Crippen molar-refractivity contribution in [3.8, 4) is 0 Å². The first kappa shape index (κ1) is 15.4. The summed E-state index contributed by atoms with van der Waals surface area (Å²) in [5.41, 5.74) is 0.0900. The zero-order valence-electron chi connectivity index (χ0n) is 11.6. The number of carbonyl (C=O) groups excluding carboxylic acids is 1. The van der Waals surface area contributed by atoms with E-state index in [0.717, 1.165) is 23.1 Å². The fourth-order valence-corrected chi connectivity index (χ4v) is 2.42. The number of hydrogen-bond acceptors (Lipinski definition) is 3. The molecule has 112 valence electrons. The number of nitrogens with one attached hydrogen (secondary N) is 2. The van der Waals surface area contributed by atoms with Gasteiger partial charge in [-0.25, -0.2) is 18.6 Å². The molecule has 0 atom stereocenters. The summed E-state index contributed by atoms with van der Waals surface area (Å²) in [4.78, 5) is 16.8. The Bertz CT molecular complexity index is 643. The highest BCUT2D eigenvalue weighted by molar-refractivity contribution is 7.15. The lowest BCUT2D eigenvalue weighted by molar-refractivity contribution is 0.251. The molecule has 0 fully saturated rings. The monoisotopic (exact) mass is 311 g/mol. The van der Waals surface area contributed by atoms with Gasteiger partial charge in [0.05, 0.1) is 0 Å². The van der Waals surface area contributed by atoms with Crippen LogP contribution in [0.15, 0.2) is 24.4 Å². The second-order valence-corrected chi connectivity index (χ2v) is 5.83. The van der Waals surface area contributed by atoms with Crippen molar-refractivity contribution in [3.63, 3.8) is 0 Å². The lowest BCUT2D eigenvalue weighted by Crippen LogP contribution is -2.28. The number of halogens is 2. The Morgan fingerprint density at radius 3 is 2.81 bits per heavy atom. The van der Waals surface area contributed by atoms with E-state index >= 15 is 0 Å². The van der Waals surface area contributed by atoms with Gasteiger partial charge in [0.2, 0.25) is 0 Å². The molecule has 2 aromatic rings. The summed E-state index contributed by atoms with van der Waals surface area (Å²) in [5.74, 6) is -0.773. The van der Waals surface area contributed by atoms with E-state index in [1.807, 2.05) is 13.8 Å². The van der Waals surface area contributed by atoms with E-state index in [1.54, 1.807) is 6.20 Å². The highest BCUT2D eigenvalue weighted by atomic mass is 32.1. The molecule has 2 rings (SSSR count). The molecule has 1 heterocycles. The zero-order chi connectivity index (χ0) is 15.4. The predicted molar refractivity (Wildman–Crippen MR) is 78.4 cm³/mol. The van der Waals surface area contributed by atoms with E-state index in [0.29, 0.717) is 11.0 Å². The number of benzene rings is 1. The number of aromatic nitrogens is 1. The molecule has 0 radical (unpaired) electrons. The molecule has 0 aliphatic heterocycles. The Hall–Kier alpha value is -2.02. The summed E-state index contributed by atoms with van der Waals surface area (Å²) >= 11 is 1.38. The number of urea groups is 1. The van der Waals surface area contributed by atoms with Crippen molar-refractivity contribution in [3.05, 3.63) is 46.5 Å². The molecule has 0 saturated heterocycles. The van der Waals surface area contributed by atoms with Crippen molar-refractivity contribution < 1.29 is 13.6 Å². The van der Waals surface area contributed by atoms with Gasteiger partial charge in [-0.15, -0.1) is 11.3 Å². The third kappa shape index (κ3) is 4.22. The lowest BCUT2D eigenvalue weighted by Gasteiger charge is -2.06. The van der Waals surface area contributed by atoms with Crippen molar-refractivity contribution in [1.82, 2.24) is 10.3 Å². The predicted octanol–water partition coefficient (Wildman–Crippen LogP) is 3.87.